The summed E-state index contributed by atoms with van der Waals surface area (Å²) in [7, 11) is 0. The standard InChI is InChI=1S/C29H37NO5/c1-28(2,3)35-27(32)30-24(18-21-13-15-23(16-14-21)22-10-6-5-7-11-22)19-29(4,26(30)31)20-34-25-12-8-9-17-33-25/h5-7,10-11,13-16,24-25H,8-9,12,17-20H2,1-4H3/t24-,25?,29+/m1/s1. The van der Waals surface area contributed by atoms with Crippen molar-refractivity contribution in [3.63, 3.8) is 0 Å². The van der Waals surface area contributed by atoms with E-state index in [9.17, 15) is 9.59 Å². The van der Waals surface area contributed by atoms with E-state index in [0.29, 0.717) is 19.4 Å². The van der Waals surface area contributed by atoms with Gasteiger partial charge in [0, 0.05) is 12.6 Å². The third-order valence-corrected chi connectivity index (χ3v) is 6.63. The minimum Gasteiger partial charge on any atom is -0.443 e. The Hall–Kier alpha value is -2.70. The van der Waals surface area contributed by atoms with Crippen LogP contribution in [-0.4, -0.2) is 48.0 Å². The van der Waals surface area contributed by atoms with Gasteiger partial charge in [-0.25, -0.2) is 9.69 Å². The van der Waals surface area contributed by atoms with Gasteiger partial charge >= 0.3 is 6.09 Å². The molecule has 0 aliphatic carbocycles. The summed E-state index contributed by atoms with van der Waals surface area (Å²) < 4.78 is 17.3. The Bertz CT molecular complexity index is 1010. The molecule has 0 N–H and O–H groups in total. The number of rotatable bonds is 6. The lowest BCUT2D eigenvalue weighted by atomic mass is 9.86. The third kappa shape index (κ3) is 6.30. The quantitative estimate of drug-likeness (QED) is 0.510. The van der Waals surface area contributed by atoms with Crippen molar-refractivity contribution in [3.05, 3.63) is 60.2 Å². The summed E-state index contributed by atoms with van der Waals surface area (Å²) >= 11 is 0. The van der Waals surface area contributed by atoms with E-state index in [1.165, 1.54) is 4.90 Å². The molecule has 0 spiro atoms. The van der Waals surface area contributed by atoms with Gasteiger partial charge in [-0.2, -0.15) is 0 Å². The van der Waals surface area contributed by atoms with Crippen LogP contribution in [0.15, 0.2) is 54.6 Å². The zero-order valence-corrected chi connectivity index (χ0v) is 21.3. The Kier molecular flexibility index (Phi) is 7.62. The molecule has 188 valence electrons. The largest absolute Gasteiger partial charge is 0.443 e. The molecular formula is C29H37NO5. The SMILES string of the molecule is CC(C)(C)OC(=O)N1C(=O)[C@](C)(COC2CCCCO2)C[C@H]1Cc1ccc(-c2ccccc2)cc1. The Labute approximate surface area is 208 Å². The number of likely N-dealkylation sites (tertiary alicyclic amines) is 1. The highest BCUT2D eigenvalue weighted by molar-refractivity contribution is 5.97. The average molecular weight is 480 g/mol. The van der Waals surface area contributed by atoms with E-state index < -0.39 is 17.1 Å². The average Bonchev–Trinajstić information content (AvgIpc) is 3.08. The van der Waals surface area contributed by atoms with Crippen molar-refractivity contribution >= 4 is 12.0 Å². The molecule has 6 nitrogen and oxygen atoms in total. The monoisotopic (exact) mass is 479 g/mol. The summed E-state index contributed by atoms with van der Waals surface area (Å²) in [6.45, 7) is 8.22. The maximum atomic E-state index is 13.6. The molecule has 1 unspecified atom stereocenters. The Balaban J connectivity index is 1.51. The highest BCUT2D eigenvalue weighted by Gasteiger charge is 2.52. The molecule has 2 aromatic rings. The van der Waals surface area contributed by atoms with Crippen molar-refractivity contribution in [2.45, 2.75) is 77.7 Å². The topological polar surface area (TPSA) is 65.1 Å². The molecule has 6 heteroatoms. The van der Waals surface area contributed by atoms with Crippen LogP contribution >= 0.6 is 0 Å². The molecule has 2 heterocycles. The first-order valence-electron chi connectivity index (χ1n) is 12.6. The fourth-order valence-corrected chi connectivity index (χ4v) is 4.84. The zero-order chi connectivity index (χ0) is 25.1. The molecule has 2 aromatic carbocycles. The number of hydrogen-bond donors (Lipinski definition) is 0. The number of nitrogens with zero attached hydrogens (tertiary/aromatic N) is 1. The molecule has 2 aliphatic heterocycles. The zero-order valence-electron chi connectivity index (χ0n) is 21.3. The number of amides is 2. The van der Waals surface area contributed by atoms with E-state index in [4.69, 9.17) is 14.2 Å². The summed E-state index contributed by atoms with van der Waals surface area (Å²) in [5, 5.41) is 0. The molecule has 0 bridgehead atoms. The van der Waals surface area contributed by atoms with Crippen LogP contribution in [-0.2, 0) is 25.4 Å². The normalized spacial score (nSPS) is 25.0. The van der Waals surface area contributed by atoms with E-state index >= 15 is 0 Å². The summed E-state index contributed by atoms with van der Waals surface area (Å²) in [6.07, 6.45) is 3.12. The number of benzene rings is 2. The summed E-state index contributed by atoms with van der Waals surface area (Å²) in [6, 6.07) is 18.2. The van der Waals surface area contributed by atoms with Crippen LogP contribution in [0.2, 0.25) is 0 Å². The molecule has 2 amide bonds. The van der Waals surface area contributed by atoms with Crippen molar-refractivity contribution in [3.8, 4) is 11.1 Å². The van der Waals surface area contributed by atoms with Gasteiger partial charge in [0.25, 0.3) is 0 Å². The molecule has 0 saturated carbocycles. The molecule has 2 fully saturated rings. The van der Waals surface area contributed by atoms with Gasteiger partial charge in [-0.1, -0.05) is 54.6 Å². The Morgan fingerprint density at radius 2 is 1.74 bits per heavy atom. The lowest BCUT2D eigenvalue weighted by molar-refractivity contribution is -0.179. The van der Waals surface area contributed by atoms with Crippen LogP contribution < -0.4 is 0 Å². The van der Waals surface area contributed by atoms with E-state index in [-0.39, 0.29) is 24.8 Å². The van der Waals surface area contributed by atoms with Crippen LogP contribution in [0.4, 0.5) is 4.79 Å². The molecule has 0 radical (unpaired) electrons. The molecule has 4 rings (SSSR count). The van der Waals surface area contributed by atoms with Gasteiger partial charge in [0.05, 0.1) is 12.0 Å². The lowest BCUT2D eigenvalue weighted by Gasteiger charge is -2.29. The second-order valence-electron chi connectivity index (χ2n) is 10.9. The highest BCUT2D eigenvalue weighted by atomic mass is 16.7. The van der Waals surface area contributed by atoms with Crippen LogP contribution in [0.5, 0.6) is 0 Å². The van der Waals surface area contributed by atoms with Crippen molar-refractivity contribution in [2.24, 2.45) is 5.41 Å². The lowest BCUT2D eigenvalue weighted by Crippen LogP contribution is -2.45. The fraction of sp³-hybridized carbons (Fsp3) is 0.517. The van der Waals surface area contributed by atoms with E-state index in [0.717, 1.165) is 36.0 Å². The Morgan fingerprint density at radius 1 is 1.06 bits per heavy atom. The van der Waals surface area contributed by atoms with E-state index in [2.05, 4.69) is 36.4 Å². The predicted molar refractivity (Wildman–Crippen MR) is 135 cm³/mol. The first kappa shape index (κ1) is 25.4. The minimum absolute atomic E-state index is 0.221. The number of carbonyl (C=O) groups is 2. The van der Waals surface area contributed by atoms with Gasteiger partial charge in [-0.3, -0.25) is 4.79 Å². The van der Waals surface area contributed by atoms with Crippen molar-refractivity contribution in [1.29, 1.82) is 0 Å². The van der Waals surface area contributed by atoms with Crippen LogP contribution in [0.25, 0.3) is 11.1 Å². The third-order valence-electron chi connectivity index (χ3n) is 6.63. The number of ether oxygens (including phenoxy) is 3. The summed E-state index contributed by atoms with van der Waals surface area (Å²) in [5.41, 5.74) is 1.85. The van der Waals surface area contributed by atoms with Gasteiger partial charge in [0.15, 0.2) is 6.29 Å². The maximum absolute atomic E-state index is 13.6. The first-order valence-corrected chi connectivity index (χ1v) is 12.6. The maximum Gasteiger partial charge on any atom is 0.417 e. The number of imide groups is 1. The number of carbonyl (C=O) groups excluding carboxylic acids is 2. The van der Waals surface area contributed by atoms with E-state index in [1.54, 1.807) is 0 Å². The number of hydrogen-bond acceptors (Lipinski definition) is 5. The van der Waals surface area contributed by atoms with Gasteiger partial charge in [0.1, 0.15) is 5.60 Å². The van der Waals surface area contributed by atoms with E-state index in [1.807, 2.05) is 45.9 Å². The van der Waals surface area contributed by atoms with Crippen LogP contribution in [0.3, 0.4) is 0 Å². The van der Waals surface area contributed by atoms with Gasteiger partial charge in [-0.05, 0) is 76.5 Å². The van der Waals surface area contributed by atoms with Crippen molar-refractivity contribution in [2.75, 3.05) is 13.2 Å². The first-order chi connectivity index (χ1) is 16.6. The van der Waals surface area contributed by atoms with Crippen LogP contribution in [0.1, 0.15) is 58.9 Å². The fourth-order valence-electron chi connectivity index (χ4n) is 4.84. The van der Waals surface area contributed by atoms with Crippen molar-refractivity contribution in [1.82, 2.24) is 4.90 Å². The molecule has 2 saturated heterocycles. The van der Waals surface area contributed by atoms with Gasteiger partial charge < -0.3 is 14.2 Å². The summed E-state index contributed by atoms with van der Waals surface area (Å²) in [4.78, 5) is 28.0. The van der Waals surface area contributed by atoms with Gasteiger partial charge in [-0.15, -0.1) is 0 Å². The minimum atomic E-state index is -0.813. The molecule has 0 aromatic heterocycles. The smallest absolute Gasteiger partial charge is 0.417 e. The van der Waals surface area contributed by atoms with Crippen molar-refractivity contribution < 1.29 is 23.8 Å². The summed E-state index contributed by atoms with van der Waals surface area (Å²) in [5.74, 6) is -0.242. The van der Waals surface area contributed by atoms with Gasteiger partial charge in [0.2, 0.25) is 5.91 Å². The Morgan fingerprint density at radius 3 is 2.37 bits per heavy atom. The predicted octanol–water partition coefficient (Wildman–Crippen LogP) is 5.98. The molecule has 35 heavy (non-hydrogen) atoms. The molecule has 3 atom stereocenters. The molecular weight excluding hydrogens is 442 g/mol. The molecule has 2 aliphatic rings. The second kappa shape index (κ2) is 10.5. The van der Waals surface area contributed by atoms with Crippen LogP contribution in [0, 0.1) is 5.41 Å². The second-order valence-corrected chi connectivity index (χ2v) is 10.9. The highest BCUT2D eigenvalue weighted by Crippen LogP contribution is 2.39.